The van der Waals surface area contributed by atoms with Crippen molar-refractivity contribution in [3.05, 3.63) is 11.7 Å². The minimum Gasteiger partial charge on any atom is -0.337 e. The Morgan fingerprint density at radius 2 is 1.94 bits per heavy atom. The van der Waals surface area contributed by atoms with Crippen LogP contribution in [0, 0.1) is 0 Å². The van der Waals surface area contributed by atoms with Crippen molar-refractivity contribution < 1.29 is 4.52 Å². The molecule has 0 saturated heterocycles. The van der Waals surface area contributed by atoms with E-state index in [2.05, 4.69) is 24.0 Å². The summed E-state index contributed by atoms with van der Waals surface area (Å²) in [6.07, 6.45) is 6.79. The van der Waals surface area contributed by atoms with Crippen molar-refractivity contribution in [1.82, 2.24) is 10.1 Å². The molecule has 1 aromatic rings. The summed E-state index contributed by atoms with van der Waals surface area (Å²) in [6.45, 7) is 4.34. The van der Waals surface area contributed by atoms with E-state index < -0.39 is 0 Å². The van der Waals surface area contributed by atoms with Crippen molar-refractivity contribution in [2.45, 2.75) is 68.9 Å². The predicted octanol–water partition coefficient (Wildman–Crippen LogP) is 3.22. The van der Waals surface area contributed by atoms with Crippen LogP contribution in [-0.4, -0.2) is 15.4 Å². The molecule has 102 valence electrons. The lowest BCUT2D eigenvalue weighted by Crippen LogP contribution is -2.36. The van der Waals surface area contributed by atoms with Crippen molar-refractivity contribution in [2.24, 2.45) is 5.73 Å². The van der Waals surface area contributed by atoms with Crippen LogP contribution in [0.15, 0.2) is 4.52 Å². The number of thioether (sulfide) groups is 1. The van der Waals surface area contributed by atoms with Crippen LogP contribution < -0.4 is 5.73 Å². The van der Waals surface area contributed by atoms with Crippen LogP contribution in [0.1, 0.15) is 64.1 Å². The van der Waals surface area contributed by atoms with Gasteiger partial charge < -0.3 is 10.3 Å². The summed E-state index contributed by atoms with van der Waals surface area (Å²) in [5.41, 5.74) is 6.06. The van der Waals surface area contributed by atoms with E-state index in [1.165, 1.54) is 12.8 Å². The molecular formula is C13H23N3OS. The third-order valence-electron chi connectivity index (χ3n) is 3.44. The summed E-state index contributed by atoms with van der Waals surface area (Å²) in [5, 5.41) is 4.63. The average Bonchev–Trinajstić information content (AvgIpc) is 2.70. The molecule has 1 aliphatic rings. The van der Waals surface area contributed by atoms with Gasteiger partial charge in [0.05, 0.1) is 11.3 Å². The van der Waals surface area contributed by atoms with Gasteiger partial charge in [-0.2, -0.15) is 16.7 Å². The van der Waals surface area contributed by atoms with Gasteiger partial charge in [-0.3, -0.25) is 0 Å². The van der Waals surface area contributed by atoms with Crippen molar-refractivity contribution in [2.75, 3.05) is 0 Å². The van der Waals surface area contributed by atoms with E-state index in [9.17, 15) is 0 Å². The molecule has 0 spiro atoms. The smallest absolute Gasteiger partial charge is 0.246 e. The highest BCUT2D eigenvalue weighted by Gasteiger charge is 2.34. The minimum atomic E-state index is -0.385. The normalized spacial score (nSPS) is 20.0. The second kappa shape index (κ2) is 6.06. The molecule has 4 nitrogen and oxygen atoms in total. The van der Waals surface area contributed by atoms with Crippen molar-refractivity contribution in [3.8, 4) is 0 Å². The fraction of sp³-hybridized carbons (Fsp3) is 0.846. The molecule has 1 fully saturated rings. The SMILES string of the molecule is CC(C)SCc1noc(C2(N)CCCCCC2)n1. The monoisotopic (exact) mass is 269 g/mol. The first-order valence-electron chi connectivity index (χ1n) is 6.84. The molecule has 1 aromatic heterocycles. The van der Waals surface area contributed by atoms with Gasteiger partial charge in [0.2, 0.25) is 5.89 Å². The summed E-state index contributed by atoms with van der Waals surface area (Å²) in [6, 6.07) is 0. The fourth-order valence-corrected chi connectivity index (χ4v) is 2.93. The highest BCUT2D eigenvalue weighted by molar-refractivity contribution is 7.99. The number of hydrogen-bond donors (Lipinski definition) is 1. The third-order valence-corrected chi connectivity index (χ3v) is 4.53. The minimum absolute atomic E-state index is 0.385. The molecule has 0 radical (unpaired) electrons. The Bertz CT molecular complexity index is 370. The Morgan fingerprint density at radius 3 is 2.56 bits per heavy atom. The van der Waals surface area contributed by atoms with E-state index >= 15 is 0 Å². The van der Waals surface area contributed by atoms with Gasteiger partial charge in [-0.25, -0.2) is 0 Å². The van der Waals surface area contributed by atoms with Crippen LogP contribution in [0.4, 0.5) is 0 Å². The first-order chi connectivity index (χ1) is 8.60. The molecule has 2 rings (SSSR count). The fourth-order valence-electron chi connectivity index (χ4n) is 2.33. The number of nitrogens with two attached hydrogens (primary N) is 1. The maximum absolute atomic E-state index is 6.45. The molecule has 0 amide bonds. The van der Waals surface area contributed by atoms with E-state index in [0.717, 1.165) is 37.3 Å². The lowest BCUT2D eigenvalue weighted by atomic mass is 9.91. The zero-order valence-corrected chi connectivity index (χ0v) is 12.1. The van der Waals surface area contributed by atoms with Crippen LogP contribution in [0.2, 0.25) is 0 Å². The van der Waals surface area contributed by atoms with Crippen LogP contribution in [0.25, 0.3) is 0 Å². The topological polar surface area (TPSA) is 64.9 Å². The molecule has 0 atom stereocenters. The van der Waals surface area contributed by atoms with Crippen molar-refractivity contribution in [3.63, 3.8) is 0 Å². The Balaban J connectivity index is 2.03. The Kier molecular flexibility index (Phi) is 4.67. The summed E-state index contributed by atoms with van der Waals surface area (Å²) >= 11 is 1.82. The number of rotatable bonds is 4. The van der Waals surface area contributed by atoms with Crippen LogP contribution in [0.5, 0.6) is 0 Å². The molecular weight excluding hydrogens is 246 g/mol. The van der Waals surface area contributed by atoms with Gasteiger partial charge in [-0.1, -0.05) is 44.7 Å². The quantitative estimate of drug-likeness (QED) is 0.850. The van der Waals surface area contributed by atoms with E-state index in [1.807, 2.05) is 11.8 Å². The van der Waals surface area contributed by atoms with Crippen LogP contribution >= 0.6 is 11.8 Å². The van der Waals surface area contributed by atoms with Crippen LogP contribution in [0.3, 0.4) is 0 Å². The number of hydrogen-bond acceptors (Lipinski definition) is 5. The van der Waals surface area contributed by atoms with Gasteiger partial charge >= 0.3 is 0 Å². The van der Waals surface area contributed by atoms with Crippen molar-refractivity contribution >= 4 is 11.8 Å². The molecule has 0 aromatic carbocycles. The molecule has 5 heteroatoms. The highest BCUT2D eigenvalue weighted by atomic mass is 32.2. The molecule has 1 aliphatic carbocycles. The van der Waals surface area contributed by atoms with Crippen LogP contribution in [-0.2, 0) is 11.3 Å². The van der Waals surface area contributed by atoms with Gasteiger partial charge in [-0.05, 0) is 18.1 Å². The van der Waals surface area contributed by atoms with Crippen molar-refractivity contribution in [1.29, 1.82) is 0 Å². The average molecular weight is 269 g/mol. The maximum Gasteiger partial charge on any atom is 0.246 e. The van der Waals surface area contributed by atoms with Gasteiger partial charge in [0, 0.05) is 0 Å². The van der Waals surface area contributed by atoms with Gasteiger partial charge in [0.25, 0.3) is 0 Å². The molecule has 0 aliphatic heterocycles. The molecule has 0 unspecified atom stereocenters. The molecule has 2 N–H and O–H groups in total. The lowest BCUT2D eigenvalue weighted by molar-refractivity contribution is 0.256. The zero-order chi connectivity index (χ0) is 13.0. The second-order valence-corrected chi connectivity index (χ2v) is 7.01. The van der Waals surface area contributed by atoms with Gasteiger partial charge in [0.15, 0.2) is 5.82 Å². The molecule has 18 heavy (non-hydrogen) atoms. The first kappa shape index (κ1) is 13.9. The number of aromatic nitrogens is 2. The van der Waals surface area contributed by atoms with Gasteiger partial charge in [-0.15, -0.1) is 0 Å². The Morgan fingerprint density at radius 1 is 1.28 bits per heavy atom. The summed E-state index contributed by atoms with van der Waals surface area (Å²) in [4.78, 5) is 4.50. The van der Waals surface area contributed by atoms with E-state index in [4.69, 9.17) is 10.3 Å². The van der Waals surface area contributed by atoms with E-state index in [0.29, 0.717) is 11.1 Å². The Labute approximate surface area is 113 Å². The number of nitrogens with zero attached hydrogens (tertiary/aromatic N) is 2. The lowest BCUT2D eigenvalue weighted by Gasteiger charge is -2.22. The molecule has 1 saturated carbocycles. The summed E-state index contributed by atoms with van der Waals surface area (Å²) < 4.78 is 5.40. The largest absolute Gasteiger partial charge is 0.337 e. The molecule has 1 heterocycles. The highest BCUT2D eigenvalue weighted by Crippen LogP contribution is 2.32. The maximum atomic E-state index is 6.45. The van der Waals surface area contributed by atoms with E-state index in [1.54, 1.807) is 0 Å². The second-order valence-electron chi connectivity index (χ2n) is 5.45. The summed E-state index contributed by atoms with van der Waals surface area (Å²) in [5.74, 6) is 2.22. The van der Waals surface area contributed by atoms with Gasteiger partial charge in [0.1, 0.15) is 0 Å². The third kappa shape index (κ3) is 3.48. The predicted molar refractivity (Wildman–Crippen MR) is 74.3 cm³/mol. The Hall–Kier alpha value is -0.550. The standard InChI is InChI=1S/C13H23N3OS/c1-10(2)18-9-11-15-12(17-16-11)13(14)7-5-3-4-6-8-13/h10H,3-9,14H2,1-2H3. The van der Waals surface area contributed by atoms with E-state index in [-0.39, 0.29) is 5.54 Å². The summed E-state index contributed by atoms with van der Waals surface area (Å²) in [7, 11) is 0. The molecule has 0 bridgehead atoms. The first-order valence-corrected chi connectivity index (χ1v) is 7.88. The zero-order valence-electron chi connectivity index (χ0n) is 11.3.